The van der Waals surface area contributed by atoms with Crippen molar-refractivity contribution in [2.75, 3.05) is 0 Å². The van der Waals surface area contributed by atoms with Crippen molar-refractivity contribution in [1.82, 2.24) is 10.6 Å². The van der Waals surface area contributed by atoms with E-state index in [9.17, 15) is 19.8 Å². The molecule has 0 unspecified atom stereocenters. The first-order valence-corrected chi connectivity index (χ1v) is 13.8. The number of carbonyl (C=O) groups is 2. The fraction of sp³-hybridized carbons (Fsp3) is 0.548. The number of nitrogens with one attached hydrogen (secondary N) is 2. The molecule has 2 aliphatic rings. The Bertz CT molecular complexity index is 958. The second-order valence-electron chi connectivity index (χ2n) is 11.7. The summed E-state index contributed by atoms with van der Waals surface area (Å²) in [6.45, 7) is 3.24. The Morgan fingerprint density at radius 3 is 1.35 bits per heavy atom. The van der Waals surface area contributed by atoms with Crippen molar-refractivity contribution in [3.8, 4) is 0 Å². The standard InChI is InChI=1S/C31H42N2O4/c1-29(2,27(34)32-25(30(36)17-9-10-18-30)21-23-13-5-3-6-14-23)28(35)33-26(31(37)19-11-12-20-31)22-24-15-7-4-8-16-24/h3-8,13-16,25-26,36-37H,9-12,17-22H2,1-2H3,(H,32,34)(H,33,35)/t25-,26-/m1/s1. The molecule has 37 heavy (non-hydrogen) atoms. The molecule has 2 saturated carbocycles. The molecule has 4 N–H and O–H groups in total. The van der Waals surface area contributed by atoms with Gasteiger partial charge in [0.15, 0.2) is 0 Å². The summed E-state index contributed by atoms with van der Waals surface area (Å²) in [4.78, 5) is 27.2. The Morgan fingerprint density at radius 1 is 0.703 bits per heavy atom. The Morgan fingerprint density at radius 2 is 1.03 bits per heavy atom. The molecule has 0 heterocycles. The first-order valence-electron chi connectivity index (χ1n) is 13.8. The van der Waals surface area contributed by atoms with Crippen LogP contribution in [0.3, 0.4) is 0 Å². The van der Waals surface area contributed by atoms with Crippen molar-refractivity contribution in [2.24, 2.45) is 5.41 Å². The van der Waals surface area contributed by atoms with Crippen LogP contribution in [0.2, 0.25) is 0 Å². The van der Waals surface area contributed by atoms with Crippen molar-refractivity contribution in [3.63, 3.8) is 0 Å². The van der Waals surface area contributed by atoms with Crippen molar-refractivity contribution < 1.29 is 19.8 Å². The normalized spacial score (nSPS) is 20.2. The zero-order chi connectivity index (χ0) is 26.5. The lowest BCUT2D eigenvalue weighted by molar-refractivity contribution is -0.144. The lowest BCUT2D eigenvalue weighted by Gasteiger charge is -2.38. The van der Waals surface area contributed by atoms with E-state index in [1.807, 2.05) is 60.7 Å². The van der Waals surface area contributed by atoms with Gasteiger partial charge in [-0.15, -0.1) is 0 Å². The molecular formula is C31H42N2O4. The maximum absolute atomic E-state index is 13.6. The third-order valence-electron chi connectivity index (χ3n) is 8.55. The molecule has 2 atom stereocenters. The second kappa shape index (κ2) is 11.4. The number of benzene rings is 2. The number of amides is 2. The highest BCUT2D eigenvalue weighted by molar-refractivity contribution is 6.04. The maximum atomic E-state index is 13.6. The number of hydrogen-bond donors (Lipinski definition) is 4. The average Bonchev–Trinajstić information content (AvgIpc) is 3.54. The quantitative estimate of drug-likeness (QED) is 0.365. The van der Waals surface area contributed by atoms with E-state index in [0.29, 0.717) is 38.5 Å². The topological polar surface area (TPSA) is 98.7 Å². The number of aliphatic hydroxyl groups is 2. The van der Waals surface area contributed by atoms with Crippen LogP contribution in [0, 0.1) is 5.41 Å². The van der Waals surface area contributed by atoms with E-state index >= 15 is 0 Å². The van der Waals surface area contributed by atoms with Crippen LogP contribution in [0.4, 0.5) is 0 Å². The summed E-state index contributed by atoms with van der Waals surface area (Å²) in [6, 6.07) is 18.7. The largest absolute Gasteiger partial charge is 0.388 e. The Balaban J connectivity index is 1.50. The lowest BCUT2D eigenvalue weighted by Crippen LogP contribution is -2.60. The van der Waals surface area contributed by atoms with Gasteiger partial charge >= 0.3 is 0 Å². The van der Waals surface area contributed by atoms with Gasteiger partial charge in [0.05, 0.1) is 23.3 Å². The molecule has 0 aromatic heterocycles. The molecule has 2 aromatic carbocycles. The molecule has 0 bridgehead atoms. The van der Waals surface area contributed by atoms with Crippen LogP contribution in [0.5, 0.6) is 0 Å². The summed E-state index contributed by atoms with van der Waals surface area (Å²) in [6.07, 6.45) is 7.18. The Kier molecular flexibility index (Phi) is 8.39. The molecule has 4 rings (SSSR count). The summed E-state index contributed by atoms with van der Waals surface area (Å²) < 4.78 is 0. The molecule has 0 aliphatic heterocycles. The van der Waals surface area contributed by atoms with E-state index in [0.717, 1.165) is 36.8 Å². The van der Waals surface area contributed by atoms with Gasteiger partial charge in [-0.3, -0.25) is 9.59 Å². The highest BCUT2D eigenvalue weighted by Gasteiger charge is 2.46. The summed E-state index contributed by atoms with van der Waals surface area (Å²) in [5.74, 6) is -0.828. The van der Waals surface area contributed by atoms with E-state index in [4.69, 9.17) is 0 Å². The lowest BCUT2D eigenvalue weighted by atomic mass is 9.83. The minimum atomic E-state index is -1.38. The first-order chi connectivity index (χ1) is 17.6. The molecule has 0 spiro atoms. The smallest absolute Gasteiger partial charge is 0.235 e. The summed E-state index contributed by atoms with van der Waals surface area (Å²) in [7, 11) is 0. The Labute approximate surface area is 220 Å². The number of hydrogen-bond acceptors (Lipinski definition) is 4. The third kappa shape index (κ3) is 6.42. The molecule has 0 saturated heterocycles. The van der Waals surface area contributed by atoms with Crippen LogP contribution in [0.25, 0.3) is 0 Å². The maximum Gasteiger partial charge on any atom is 0.235 e. The van der Waals surface area contributed by atoms with Crippen LogP contribution in [-0.4, -0.2) is 45.3 Å². The van der Waals surface area contributed by atoms with Crippen LogP contribution in [-0.2, 0) is 22.4 Å². The van der Waals surface area contributed by atoms with Gasteiger partial charge in [0, 0.05) is 0 Å². The molecule has 2 aliphatic carbocycles. The number of rotatable bonds is 10. The van der Waals surface area contributed by atoms with Crippen LogP contribution in [0.15, 0.2) is 60.7 Å². The van der Waals surface area contributed by atoms with Crippen molar-refractivity contribution in [3.05, 3.63) is 71.8 Å². The monoisotopic (exact) mass is 506 g/mol. The zero-order valence-corrected chi connectivity index (χ0v) is 22.2. The zero-order valence-electron chi connectivity index (χ0n) is 22.2. The summed E-state index contributed by atoms with van der Waals surface area (Å²) >= 11 is 0. The van der Waals surface area contributed by atoms with Gasteiger partial charge in [0.25, 0.3) is 0 Å². The fourth-order valence-electron chi connectivity index (χ4n) is 5.90. The van der Waals surface area contributed by atoms with Gasteiger partial charge in [-0.05, 0) is 63.5 Å². The molecule has 2 aromatic rings. The van der Waals surface area contributed by atoms with Crippen molar-refractivity contribution >= 4 is 11.8 Å². The highest BCUT2D eigenvalue weighted by atomic mass is 16.3. The molecular weight excluding hydrogens is 464 g/mol. The minimum absolute atomic E-state index is 0.414. The third-order valence-corrected chi connectivity index (χ3v) is 8.55. The predicted octanol–water partition coefficient (Wildman–Crippen LogP) is 4.08. The van der Waals surface area contributed by atoms with Crippen LogP contribution in [0.1, 0.15) is 76.3 Å². The van der Waals surface area contributed by atoms with Gasteiger partial charge in [-0.25, -0.2) is 0 Å². The highest BCUT2D eigenvalue weighted by Crippen LogP contribution is 2.36. The molecule has 2 fully saturated rings. The van der Waals surface area contributed by atoms with E-state index < -0.39 is 40.5 Å². The minimum Gasteiger partial charge on any atom is -0.388 e. The van der Waals surface area contributed by atoms with Crippen molar-refractivity contribution in [2.45, 2.75) is 101 Å². The fourth-order valence-corrected chi connectivity index (χ4v) is 5.90. The van der Waals surface area contributed by atoms with Crippen LogP contribution < -0.4 is 10.6 Å². The van der Waals surface area contributed by atoms with E-state index in [-0.39, 0.29) is 0 Å². The molecule has 6 heteroatoms. The Hall–Kier alpha value is -2.70. The molecule has 2 amide bonds. The summed E-state index contributed by atoms with van der Waals surface area (Å²) in [5, 5.41) is 28.9. The SMILES string of the molecule is CC(C)(C(=O)N[C@H](Cc1ccccc1)C1(O)CCCC1)C(=O)N[C@H](Cc1ccccc1)C1(O)CCCC1. The summed E-state index contributed by atoms with van der Waals surface area (Å²) in [5.41, 5.74) is -1.31. The van der Waals surface area contributed by atoms with E-state index in [1.165, 1.54) is 0 Å². The van der Waals surface area contributed by atoms with Gasteiger partial charge in [0.1, 0.15) is 5.41 Å². The van der Waals surface area contributed by atoms with E-state index in [2.05, 4.69) is 10.6 Å². The molecule has 6 nitrogen and oxygen atoms in total. The molecule has 0 radical (unpaired) electrons. The van der Waals surface area contributed by atoms with Gasteiger partial charge < -0.3 is 20.8 Å². The van der Waals surface area contributed by atoms with Gasteiger partial charge in [0.2, 0.25) is 11.8 Å². The van der Waals surface area contributed by atoms with Crippen LogP contribution >= 0.6 is 0 Å². The van der Waals surface area contributed by atoms with Crippen molar-refractivity contribution in [1.29, 1.82) is 0 Å². The van der Waals surface area contributed by atoms with Gasteiger partial charge in [-0.1, -0.05) is 86.3 Å². The predicted molar refractivity (Wildman–Crippen MR) is 145 cm³/mol. The first kappa shape index (κ1) is 27.3. The second-order valence-corrected chi connectivity index (χ2v) is 11.7. The number of carbonyl (C=O) groups excluding carboxylic acids is 2. The molecule has 200 valence electrons. The average molecular weight is 507 g/mol. The van der Waals surface area contributed by atoms with E-state index in [1.54, 1.807) is 13.8 Å². The van der Waals surface area contributed by atoms with Gasteiger partial charge in [-0.2, -0.15) is 0 Å².